The number of nitrogens with zero attached hydrogens (tertiary/aromatic N) is 6. The second-order valence-corrected chi connectivity index (χ2v) is 6.18. The van der Waals surface area contributed by atoms with Gasteiger partial charge in [0.15, 0.2) is 0 Å². The molecule has 0 bridgehead atoms. The highest BCUT2D eigenvalue weighted by Gasteiger charge is 2.30. The molecule has 0 fully saturated rings. The van der Waals surface area contributed by atoms with Crippen molar-refractivity contribution in [2.24, 2.45) is 0 Å². The minimum absolute atomic E-state index is 0.132. The summed E-state index contributed by atoms with van der Waals surface area (Å²) in [5.41, 5.74) is 0.631. The highest BCUT2D eigenvalue weighted by atomic mass is 19.4. The maximum atomic E-state index is 12.9. The summed E-state index contributed by atoms with van der Waals surface area (Å²) in [5, 5.41) is 12.0. The van der Waals surface area contributed by atoms with E-state index in [1.165, 1.54) is 16.9 Å². The summed E-state index contributed by atoms with van der Waals surface area (Å²) >= 11 is 0. The molecule has 0 aliphatic carbocycles. The molecule has 2 aromatic carbocycles. The van der Waals surface area contributed by atoms with Gasteiger partial charge in [0.2, 0.25) is 5.82 Å². The fraction of sp³-hybridized carbons (Fsp3) is 0.158. The molecule has 4 rings (SSSR count). The van der Waals surface area contributed by atoms with Crippen molar-refractivity contribution in [3.63, 3.8) is 0 Å². The molecule has 2 heterocycles. The summed E-state index contributed by atoms with van der Waals surface area (Å²) in [7, 11) is 0. The summed E-state index contributed by atoms with van der Waals surface area (Å²) in [6.07, 6.45) is -0.885. The third-order valence-electron chi connectivity index (χ3n) is 4.18. The molecule has 28 heavy (non-hydrogen) atoms. The number of hydrogen-bond acceptors (Lipinski definition) is 4. The van der Waals surface area contributed by atoms with Crippen molar-refractivity contribution >= 4 is 0 Å². The Kier molecular flexibility index (Phi) is 4.64. The topological polar surface area (TPSA) is 61.4 Å². The van der Waals surface area contributed by atoms with Crippen LogP contribution >= 0.6 is 0 Å². The first-order chi connectivity index (χ1) is 13.5. The van der Waals surface area contributed by atoms with E-state index in [0.717, 1.165) is 23.5 Å². The highest BCUT2D eigenvalue weighted by Crippen LogP contribution is 2.31. The van der Waals surface area contributed by atoms with Gasteiger partial charge in [0.25, 0.3) is 0 Å². The maximum absolute atomic E-state index is 12.9. The molecule has 0 aliphatic heterocycles. The van der Waals surface area contributed by atoms with Crippen LogP contribution in [-0.4, -0.2) is 29.8 Å². The normalized spacial score (nSPS) is 11.7. The molecule has 6 nitrogen and oxygen atoms in total. The molecule has 9 heteroatoms. The predicted molar refractivity (Wildman–Crippen MR) is 95.1 cm³/mol. The fourth-order valence-electron chi connectivity index (χ4n) is 2.80. The van der Waals surface area contributed by atoms with Gasteiger partial charge in [-0.2, -0.15) is 18.0 Å². The smallest absolute Gasteiger partial charge is 0.329 e. The lowest BCUT2D eigenvalue weighted by molar-refractivity contribution is -0.137. The van der Waals surface area contributed by atoms with Gasteiger partial charge in [-0.05, 0) is 22.9 Å². The van der Waals surface area contributed by atoms with Crippen molar-refractivity contribution in [2.45, 2.75) is 19.3 Å². The first-order valence-electron chi connectivity index (χ1n) is 8.48. The van der Waals surface area contributed by atoms with Crippen LogP contribution in [0.4, 0.5) is 13.2 Å². The van der Waals surface area contributed by atoms with Crippen molar-refractivity contribution in [3.05, 3.63) is 83.9 Å². The monoisotopic (exact) mass is 384 g/mol. The van der Waals surface area contributed by atoms with Crippen LogP contribution in [0.5, 0.6) is 0 Å². The second kappa shape index (κ2) is 7.26. The van der Waals surface area contributed by atoms with Crippen LogP contribution in [-0.2, 0) is 19.3 Å². The molecule has 0 amide bonds. The minimum atomic E-state index is -4.42. The van der Waals surface area contributed by atoms with Crippen molar-refractivity contribution in [2.75, 3.05) is 0 Å². The summed E-state index contributed by atoms with van der Waals surface area (Å²) in [6, 6.07) is 14.8. The zero-order chi connectivity index (χ0) is 19.6. The molecular formula is C19H15F3N6. The number of alkyl halides is 3. The average molecular weight is 384 g/mol. The van der Waals surface area contributed by atoms with E-state index in [0.29, 0.717) is 6.54 Å². The third kappa shape index (κ3) is 3.93. The van der Waals surface area contributed by atoms with Gasteiger partial charge in [0.05, 0.1) is 5.56 Å². The van der Waals surface area contributed by atoms with Crippen LogP contribution < -0.4 is 0 Å². The van der Waals surface area contributed by atoms with Gasteiger partial charge in [-0.15, -0.1) is 10.2 Å². The SMILES string of the molecule is FC(F)(F)c1cccc(-c2nnn(Cc3nccn3Cc3ccccc3)n2)c1. The van der Waals surface area contributed by atoms with E-state index >= 15 is 0 Å². The van der Waals surface area contributed by atoms with E-state index in [1.807, 2.05) is 41.1 Å². The summed E-state index contributed by atoms with van der Waals surface area (Å²) in [4.78, 5) is 5.64. The van der Waals surface area contributed by atoms with E-state index in [9.17, 15) is 13.2 Å². The molecule has 142 valence electrons. The zero-order valence-corrected chi connectivity index (χ0v) is 14.6. The van der Waals surface area contributed by atoms with E-state index in [1.54, 1.807) is 6.20 Å². The first-order valence-corrected chi connectivity index (χ1v) is 8.48. The molecule has 0 spiro atoms. The standard InChI is InChI=1S/C19H15F3N6/c20-19(21,22)16-8-4-7-15(11-16)18-24-26-28(25-18)13-17-23-9-10-27(17)12-14-5-2-1-3-6-14/h1-11H,12-13H2. The summed E-state index contributed by atoms with van der Waals surface area (Å²) in [6.45, 7) is 0.900. The molecule has 0 atom stereocenters. The largest absolute Gasteiger partial charge is 0.416 e. The van der Waals surface area contributed by atoms with Crippen LogP contribution in [0.3, 0.4) is 0 Å². The summed E-state index contributed by atoms with van der Waals surface area (Å²) in [5.74, 6) is 0.851. The maximum Gasteiger partial charge on any atom is 0.416 e. The van der Waals surface area contributed by atoms with Crippen LogP contribution in [0.2, 0.25) is 0 Å². The Morgan fingerprint density at radius 3 is 2.54 bits per heavy atom. The lowest BCUT2D eigenvalue weighted by Gasteiger charge is -2.07. The Balaban J connectivity index is 1.53. The highest BCUT2D eigenvalue weighted by molar-refractivity contribution is 5.55. The van der Waals surface area contributed by atoms with Gasteiger partial charge in [-0.1, -0.05) is 42.5 Å². The number of halogens is 3. The van der Waals surface area contributed by atoms with Crippen molar-refractivity contribution in [1.82, 2.24) is 29.8 Å². The van der Waals surface area contributed by atoms with Crippen molar-refractivity contribution < 1.29 is 13.2 Å². The summed E-state index contributed by atoms with van der Waals surface area (Å²) < 4.78 is 40.6. The number of tetrazole rings is 1. The lowest BCUT2D eigenvalue weighted by Crippen LogP contribution is -2.11. The number of benzene rings is 2. The first kappa shape index (κ1) is 17.9. The molecule has 0 N–H and O–H groups in total. The molecule has 0 aliphatic rings. The molecular weight excluding hydrogens is 369 g/mol. The molecule has 0 saturated carbocycles. The van der Waals surface area contributed by atoms with Gasteiger partial charge in [-0.25, -0.2) is 4.98 Å². The molecule has 2 aromatic heterocycles. The Morgan fingerprint density at radius 1 is 0.929 bits per heavy atom. The van der Waals surface area contributed by atoms with Gasteiger partial charge in [0.1, 0.15) is 12.4 Å². The van der Waals surface area contributed by atoms with Gasteiger partial charge >= 0.3 is 6.18 Å². The molecule has 4 aromatic rings. The Hall–Kier alpha value is -3.49. The number of rotatable bonds is 5. The Labute approximate surface area is 158 Å². The van der Waals surface area contributed by atoms with Gasteiger partial charge < -0.3 is 4.57 Å². The van der Waals surface area contributed by atoms with Crippen LogP contribution in [0, 0.1) is 0 Å². The predicted octanol–water partition coefficient (Wildman–Crippen LogP) is 3.65. The fourth-order valence-corrected chi connectivity index (χ4v) is 2.80. The zero-order valence-electron chi connectivity index (χ0n) is 14.6. The number of aromatic nitrogens is 6. The molecule has 0 unspecified atom stereocenters. The van der Waals surface area contributed by atoms with E-state index in [2.05, 4.69) is 20.4 Å². The Morgan fingerprint density at radius 2 is 1.75 bits per heavy atom. The van der Waals surface area contributed by atoms with Gasteiger partial charge in [0, 0.05) is 24.5 Å². The van der Waals surface area contributed by atoms with Crippen molar-refractivity contribution in [3.8, 4) is 11.4 Å². The number of imidazole rings is 1. The Bertz CT molecular complexity index is 1070. The van der Waals surface area contributed by atoms with E-state index in [-0.39, 0.29) is 17.9 Å². The third-order valence-corrected chi connectivity index (χ3v) is 4.18. The molecule has 0 saturated heterocycles. The second-order valence-electron chi connectivity index (χ2n) is 6.18. The van der Waals surface area contributed by atoms with E-state index in [4.69, 9.17) is 0 Å². The van der Waals surface area contributed by atoms with E-state index < -0.39 is 11.7 Å². The van der Waals surface area contributed by atoms with Gasteiger partial charge in [-0.3, -0.25) is 0 Å². The van der Waals surface area contributed by atoms with Crippen LogP contribution in [0.1, 0.15) is 17.0 Å². The molecule has 0 radical (unpaired) electrons. The average Bonchev–Trinajstić information content (AvgIpc) is 3.32. The van der Waals surface area contributed by atoms with Crippen molar-refractivity contribution in [1.29, 1.82) is 0 Å². The van der Waals surface area contributed by atoms with Crippen LogP contribution in [0.15, 0.2) is 67.0 Å². The van der Waals surface area contributed by atoms with Crippen LogP contribution in [0.25, 0.3) is 11.4 Å². The minimum Gasteiger partial charge on any atom is -0.329 e. The lowest BCUT2D eigenvalue weighted by atomic mass is 10.1. The quantitative estimate of drug-likeness (QED) is 0.527. The number of hydrogen-bond donors (Lipinski definition) is 0.